The third-order valence-corrected chi connectivity index (χ3v) is 6.99. The maximum atomic E-state index is 13.4. The molecule has 0 atom stereocenters. The average Bonchev–Trinajstić information content (AvgIpc) is 3.20. The number of amides is 2. The van der Waals surface area contributed by atoms with E-state index in [1.54, 1.807) is 30.3 Å². The van der Waals surface area contributed by atoms with E-state index < -0.39 is 21.2 Å². The lowest BCUT2D eigenvalue weighted by Gasteiger charge is -2.11. The summed E-state index contributed by atoms with van der Waals surface area (Å²) >= 11 is 0.700. The predicted octanol–water partition coefficient (Wildman–Crippen LogP) is 3.32. The first-order chi connectivity index (χ1) is 13.8. The first kappa shape index (κ1) is 19.2. The molecule has 29 heavy (non-hydrogen) atoms. The highest BCUT2D eigenvalue weighted by molar-refractivity contribution is 8.18. The molecule has 2 amide bonds. The number of hydrogen-bond acceptors (Lipinski definition) is 6. The molecule has 9 heteroatoms. The molecule has 1 saturated heterocycles. The summed E-state index contributed by atoms with van der Waals surface area (Å²) in [5.41, 5.74) is 1.87. The predicted molar refractivity (Wildman–Crippen MR) is 110 cm³/mol. The van der Waals surface area contributed by atoms with Gasteiger partial charge in [0.05, 0.1) is 21.0 Å². The molecule has 1 aliphatic rings. The van der Waals surface area contributed by atoms with Crippen molar-refractivity contribution in [1.29, 1.82) is 0 Å². The van der Waals surface area contributed by atoms with E-state index in [1.165, 1.54) is 24.3 Å². The molecule has 0 aliphatic carbocycles. The standard InChI is InChI=1S/C20H14N2O5S2/c1-12-2-5-16(6-3-12)29(26,27)22-15(10-18-19(24)21-20(25)28-18)9-14-8-13(11-23)4-7-17(14)22/h2-11H,1H3,(H,21,24,25)/b18-10-. The largest absolute Gasteiger partial charge is 0.298 e. The number of nitrogens with zero attached hydrogens (tertiary/aromatic N) is 1. The zero-order chi connectivity index (χ0) is 20.8. The van der Waals surface area contributed by atoms with Crippen LogP contribution in [0.25, 0.3) is 17.0 Å². The van der Waals surface area contributed by atoms with E-state index in [-0.39, 0.29) is 15.5 Å². The maximum Gasteiger partial charge on any atom is 0.290 e. The number of thioether (sulfide) groups is 1. The number of imide groups is 1. The molecule has 1 fully saturated rings. The fraction of sp³-hybridized carbons (Fsp3) is 0.0500. The number of nitrogens with one attached hydrogen (secondary N) is 1. The summed E-state index contributed by atoms with van der Waals surface area (Å²) in [6.07, 6.45) is 2.03. The van der Waals surface area contributed by atoms with E-state index in [2.05, 4.69) is 5.32 Å². The third-order valence-electron chi connectivity index (χ3n) is 4.42. The SMILES string of the molecule is Cc1ccc(S(=O)(=O)n2c(/C=C3\SC(=O)NC3=O)cc3cc(C=O)ccc32)cc1. The van der Waals surface area contributed by atoms with Gasteiger partial charge < -0.3 is 0 Å². The van der Waals surface area contributed by atoms with Crippen molar-refractivity contribution in [1.82, 2.24) is 9.29 Å². The number of benzene rings is 2. The molecule has 0 unspecified atom stereocenters. The molecule has 3 aromatic rings. The molecule has 146 valence electrons. The zero-order valence-corrected chi connectivity index (χ0v) is 16.7. The van der Waals surface area contributed by atoms with Gasteiger partial charge in [0.2, 0.25) is 0 Å². The fourth-order valence-electron chi connectivity index (χ4n) is 3.04. The Bertz CT molecular complexity index is 1320. The van der Waals surface area contributed by atoms with Gasteiger partial charge in [0.25, 0.3) is 21.2 Å². The third kappa shape index (κ3) is 3.39. The molecule has 1 aliphatic heterocycles. The van der Waals surface area contributed by atoms with Gasteiger partial charge in [-0.25, -0.2) is 12.4 Å². The van der Waals surface area contributed by atoms with Crippen molar-refractivity contribution < 1.29 is 22.8 Å². The number of hydrogen-bond donors (Lipinski definition) is 1. The summed E-state index contributed by atoms with van der Waals surface area (Å²) in [5, 5.41) is 2.15. The van der Waals surface area contributed by atoms with Gasteiger partial charge in [-0.3, -0.25) is 19.7 Å². The minimum absolute atomic E-state index is 0.0827. The number of aldehydes is 1. The Kier molecular flexibility index (Phi) is 4.64. The molecule has 7 nitrogen and oxygen atoms in total. The molecule has 0 radical (unpaired) electrons. The number of aryl methyl sites for hydroxylation is 1. The van der Waals surface area contributed by atoms with Crippen LogP contribution in [-0.4, -0.2) is 29.8 Å². The van der Waals surface area contributed by atoms with Gasteiger partial charge in [0, 0.05) is 10.9 Å². The van der Waals surface area contributed by atoms with E-state index in [4.69, 9.17) is 0 Å². The second-order valence-corrected chi connectivity index (χ2v) is 9.24. The van der Waals surface area contributed by atoms with Crippen molar-refractivity contribution in [3.63, 3.8) is 0 Å². The number of fused-ring (bicyclic) bond motifs is 1. The molecule has 0 bridgehead atoms. The Hall–Kier alpha value is -3.17. The van der Waals surface area contributed by atoms with Gasteiger partial charge in [-0.1, -0.05) is 17.7 Å². The molecular weight excluding hydrogens is 412 g/mol. The molecule has 0 saturated carbocycles. The van der Waals surface area contributed by atoms with Gasteiger partial charge in [-0.15, -0.1) is 0 Å². The van der Waals surface area contributed by atoms with Gasteiger partial charge in [-0.05, 0) is 61.2 Å². The summed E-state index contributed by atoms with van der Waals surface area (Å²) in [4.78, 5) is 34.7. The molecule has 4 rings (SSSR count). The van der Waals surface area contributed by atoms with Crippen molar-refractivity contribution >= 4 is 56.2 Å². The highest BCUT2D eigenvalue weighted by atomic mass is 32.2. The Labute approximate surface area is 170 Å². The summed E-state index contributed by atoms with van der Waals surface area (Å²) < 4.78 is 27.9. The van der Waals surface area contributed by atoms with E-state index >= 15 is 0 Å². The van der Waals surface area contributed by atoms with Gasteiger partial charge in [0.1, 0.15) is 6.29 Å². The smallest absolute Gasteiger partial charge is 0.290 e. The molecule has 2 heterocycles. The number of rotatable bonds is 4. The van der Waals surface area contributed by atoms with Crippen LogP contribution in [0.2, 0.25) is 0 Å². The Balaban J connectivity index is 1.99. The lowest BCUT2D eigenvalue weighted by Crippen LogP contribution is -2.18. The van der Waals surface area contributed by atoms with Crippen LogP contribution in [0.1, 0.15) is 21.6 Å². The number of carbonyl (C=O) groups is 3. The van der Waals surface area contributed by atoms with Crippen LogP contribution in [0.15, 0.2) is 58.3 Å². The van der Waals surface area contributed by atoms with Crippen molar-refractivity contribution in [3.8, 4) is 0 Å². The number of carbonyl (C=O) groups excluding carboxylic acids is 3. The second kappa shape index (κ2) is 7.02. The fourth-order valence-corrected chi connectivity index (χ4v) is 5.21. The summed E-state index contributed by atoms with van der Waals surface area (Å²) in [6.45, 7) is 1.85. The van der Waals surface area contributed by atoms with E-state index in [1.807, 2.05) is 6.92 Å². The first-order valence-electron chi connectivity index (χ1n) is 8.47. The monoisotopic (exact) mass is 426 g/mol. The Morgan fingerprint density at radius 3 is 2.38 bits per heavy atom. The Morgan fingerprint density at radius 1 is 1.03 bits per heavy atom. The average molecular weight is 426 g/mol. The first-order valence-corrected chi connectivity index (χ1v) is 10.7. The van der Waals surface area contributed by atoms with Gasteiger partial charge in [0.15, 0.2) is 0 Å². The molecule has 2 aromatic carbocycles. The molecule has 0 spiro atoms. The molecule has 1 aromatic heterocycles. The van der Waals surface area contributed by atoms with Crippen LogP contribution in [0.3, 0.4) is 0 Å². The van der Waals surface area contributed by atoms with Crippen molar-refractivity contribution in [3.05, 3.63) is 70.3 Å². The lowest BCUT2D eigenvalue weighted by molar-refractivity contribution is -0.115. The van der Waals surface area contributed by atoms with Crippen LogP contribution in [0, 0.1) is 6.92 Å². The van der Waals surface area contributed by atoms with Crippen molar-refractivity contribution in [2.24, 2.45) is 0 Å². The van der Waals surface area contributed by atoms with Crippen LogP contribution in [0.4, 0.5) is 4.79 Å². The highest BCUT2D eigenvalue weighted by Gasteiger charge is 2.28. The van der Waals surface area contributed by atoms with Gasteiger partial charge >= 0.3 is 0 Å². The van der Waals surface area contributed by atoms with E-state index in [0.29, 0.717) is 34.5 Å². The highest BCUT2D eigenvalue weighted by Crippen LogP contribution is 2.31. The minimum atomic E-state index is -4.00. The van der Waals surface area contributed by atoms with Gasteiger partial charge in [-0.2, -0.15) is 0 Å². The van der Waals surface area contributed by atoms with E-state index in [0.717, 1.165) is 9.54 Å². The normalized spacial score (nSPS) is 15.8. The number of aromatic nitrogens is 1. The van der Waals surface area contributed by atoms with Crippen LogP contribution in [0.5, 0.6) is 0 Å². The van der Waals surface area contributed by atoms with Crippen molar-refractivity contribution in [2.45, 2.75) is 11.8 Å². The Morgan fingerprint density at radius 2 is 1.76 bits per heavy atom. The summed E-state index contributed by atoms with van der Waals surface area (Å²) in [5.74, 6) is -0.585. The van der Waals surface area contributed by atoms with Crippen LogP contribution in [-0.2, 0) is 14.8 Å². The summed E-state index contributed by atoms with van der Waals surface area (Å²) in [6, 6.07) is 12.6. The van der Waals surface area contributed by atoms with Crippen LogP contribution >= 0.6 is 11.8 Å². The maximum absolute atomic E-state index is 13.4. The van der Waals surface area contributed by atoms with Crippen molar-refractivity contribution in [2.75, 3.05) is 0 Å². The minimum Gasteiger partial charge on any atom is -0.298 e. The van der Waals surface area contributed by atoms with Crippen LogP contribution < -0.4 is 5.32 Å². The summed E-state index contributed by atoms with van der Waals surface area (Å²) in [7, 11) is -4.00. The van der Waals surface area contributed by atoms with E-state index in [9.17, 15) is 22.8 Å². The lowest BCUT2D eigenvalue weighted by atomic mass is 10.2. The zero-order valence-electron chi connectivity index (χ0n) is 15.1. The second-order valence-electron chi connectivity index (χ2n) is 6.44. The topological polar surface area (TPSA) is 102 Å². The quantitative estimate of drug-likeness (QED) is 0.507. The molecule has 1 N–H and O–H groups in total. The molecular formula is C20H14N2O5S2.